The van der Waals surface area contributed by atoms with Crippen molar-refractivity contribution in [1.29, 1.82) is 0 Å². The van der Waals surface area contributed by atoms with Crippen molar-refractivity contribution in [2.24, 2.45) is 5.73 Å². The predicted octanol–water partition coefficient (Wildman–Crippen LogP) is -1.50. The summed E-state index contributed by atoms with van der Waals surface area (Å²) in [6.45, 7) is 0.193. The van der Waals surface area contributed by atoms with E-state index >= 15 is 0 Å². The molecule has 18 heavy (non-hydrogen) atoms. The summed E-state index contributed by atoms with van der Waals surface area (Å²) in [7, 11) is 0. The molecule has 0 fully saturated rings. The zero-order chi connectivity index (χ0) is 14.0. The van der Waals surface area contributed by atoms with Gasteiger partial charge in [-0.15, -0.1) is 0 Å². The largest absolute Gasteiger partial charge is 0.480 e. The highest BCUT2D eigenvalue weighted by atomic mass is 16.4. The van der Waals surface area contributed by atoms with Crippen molar-refractivity contribution in [3.05, 3.63) is 0 Å². The van der Waals surface area contributed by atoms with Crippen LogP contribution in [-0.4, -0.2) is 52.5 Å². The van der Waals surface area contributed by atoms with Crippen molar-refractivity contribution in [2.45, 2.75) is 37.8 Å². The Morgan fingerprint density at radius 1 is 1.00 bits per heavy atom. The molecule has 8 nitrogen and oxygen atoms in total. The molecule has 0 aliphatic rings. The van der Waals surface area contributed by atoms with Crippen molar-refractivity contribution in [3.8, 4) is 0 Å². The quantitative estimate of drug-likeness (QED) is 0.195. The average molecular weight is 263 g/mol. The van der Waals surface area contributed by atoms with Crippen LogP contribution in [0.3, 0.4) is 0 Å². The van der Waals surface area contributed by atoms with Crippen LogP contribution in [0.4, 0.5) is 0 Å². The minimum absolute atomic E-state index is 0.00251. The molecule has 8 heteroatoms. The van der Waals surface area contributed by atoms with Gasteiger partial charge in [0.25, 0.3) is 0 Å². The van der Waals surface area contributed by atoms with E-state index < -0.39 is 24.0 Å². The Bertz CT molecular complexity index is 262. The monoisotopic (exact) mass is 263 g/mol. The highest BCUT2D eigenvalue weighted by molar-refractivity contribution is 5.74. The molecule has 2 atom stereocenters. The maximum absolute atomic E-state index is 10.9. The van der Waals surface area contributed by atoms with E-state index in [1.165, 1.54) is 0 Å². The lowest BCUT2D eigenvalue weighted by Gasteiger charge is -2.19. The van der Waals surface area contributed by atoms with Gasteiger partial charge in [-0.2, -0.15) is 0 Å². The fourth-order valence-electron chi connectivity index (χ4n) is 1.34. The molecule has 0 bridgehead atoms. The number of hydrogen-bond donors (Lipinski definition) is 6. The normalized spacial score (nSPS) is 14.1. The van der Waals surface area contributed by atoms with Crippen LogP contribution in [0.2, 0.25) is 0 Å². The number of carbonyl (C=O) groups is 2. The highest BCUT2D eigenvalue weighted by Crippen LogP contribution is 2.00. The summed E-state index contributed by atoms with van der Waals surface area (Å²) in [5.74, 6) is -2.21. The van der Waals surface area contributed by atoms with Crippen LogP contribution in [0.15, 0.2) is 0 Å². The van der Waals surface area contributed by atoms with Gasteiger partial charge in [0.05, 0.1) is 0 Å². The van der Waals surface area contributed by atoms with Crippen LogP contribution < -0.4 is 16.6 Å². The molecular weight excluding hydrogens is 242 g/mol. The molecule has 0 aromatic carbocycles. The Labute approximate surface area is 105 Å². The van der Waals surface area contributed by atoms with Gasteiger partial charge in [-0.3, -0.25) is 9.59 Å². The van der Waals surface area contributed by atoms with E-state index in [4.69, 9.17) is 21.1 Å². The van der Waals surface area contributed by atoms with Gasteiger partial charge in [0, 0.05) is 6.61 Å². The van der Waals surface area contributed by atoms with Gasteiger partial charge in [-0.05, 0) is 32.2 Å². The molecule has 0 radical (unpaired) electrons. The standard InChI is InChI=1S/C10H21N3O5/c11-5-2-1-3-7(9(15)16)12-13-8(4-6-14)10(17)18/h7-8,12-14H,1-6,11H2,(H,15,16)(H,17,18)/t7-,8-/m0/s1. The van der Waals surface area contributed by atoms with Crippen LogP contribution in [0, 0.1) is 0 Å². The number of nitrogens with one attached hydrogen (secondary N) is 2. The molecule has 0 aromatic rings. The van der Waals surface area contributed by atoms with Gasteiger partial charge < -0.3 is 21.1 Å². The fourth-order valence-corrected chi connectivity index (χ4v) is 1.34. The SMILES string of the molecule is NCCCC[C@H](NN[C@@H](CCO)C(=O)O)C(=O)O. The third kappa shape index (κ3) is 7.17. The van der Waals surface area contributed by atoms with E-state index in [2.05, 4.69) is 10.9 Å². The molecule has 7 N–H and O–H groups in total. The second-order valence-corrected chi connectivity index (χ2v) is 3.87. The number of aliphatic hydroxyl groups is 1. The van der Waals surface area contributed by atoms with Gasteiger partial charge in [0.2, 0.25) is 0 Å². The highest BCUT2D eigenvalue weighted by Gasteiger charge is 2.21. The molecule has 0 aliphatic carbocycles. The number of carboxylic acids is 2. The average Bonchev–Trinajstić information content (AvgIpc) is 2.31. The van der Waals surface area contributed by atoms with Crippen LogP contribution in [-0.2, 0) is 9.59 Å². The summed E-state index contributed by atoms with van der Waals surface area (Å²) in [5, 5.41) is 26.4. The first-order chi connectivity index (χ1) is 8.52. The minimum atomic E-state index is -1.15. The molecule has 106 valence electrons. The molecule has 0 heterocycles. The third-order valence-corrected chi connectivity index (χ3v) is 2.39. The predicted molar refractivity (Wildman–Crippen MR) is 63.7 cm³/mol. The zero-order valence-electron chi connectivity index (χ0n) is 10.1. The molecule has 0 saturated carbocycles. The number of hydrazine groups is 1. The van der Waals surface area contributed by atoms with Gasteiger partial charge in [-0.1, -0.05) is 0 Å². The van der Waals surface area contributed by atoms with Gasteiger partial charge in [0.1, 0.15) is 12.1 Å². The smallest absolute Gasteiger partial charge is 0.322 e. The summed E-state index contributed by atoms with van der Waals surface area (Å²) in [4.78, 5) is 21.7. The van der Waals surface area contributed by atoms with E-state index in [1.807, 2.05) is 0 Å². The Balaban J connectivity index is 4.14. The van der Waals surface area contributed by atoms with E-state index in [1.54, 1.807) is 0 Å². The Morgan fingerprint density at radius 3 is 1.89 bits per heavy atom. The molecule has 0 aliphatic heterocycles. The van der Waals surface area contributed by atoms with Crippen molar-refractivity contribution < 1.29 is 24.9 Å². The lowest BCUT2D eigenvalue weighted by atomic mass is 10.1. The summed E-state index contributed by atoms with van der Waals surface area (Å²) in [6.07, 6.45) is 1.70. The number of hydrogen-bond acceptors (Lipinski definition) is 6. The molecule has 0 saturated heterocycles. The fraction of sp³-hybridized carbons (Fsp3) is 0.800. The van der Waals surface area contributed by atoms with E-state index in [0.717, 1.165) is 0 Å². The topological polar surface area (TPSA) is 145 Å². The molecule has 0 unspecified atom stereocenters. The number of aliphatic carboxylic acids is 2. The number of rotatable bonds is 11. The van der Waals surface area contributed by atoms with Crippen LogP contribution in [0.1, 0.15) is 25.7 Å². The van der Waals surface area contributed by atoms with Crippen LogP contribution in [0.5, 0.6) is 0 Å². The number of aliphatic hydroxyl groups excluding tert-OH is 1. The maximum atomic E-state index is 10.9. The molecular formula is C10H21N3O5. The second-order valence-electron chi connectivity index (χ2n) is 3.87. The molecule has 0 aromatic heterocycles. The number of carboxylic acid groups (broad SMARTS) is 2. The van der Waals surface area contributed by atoms with Gasteiger partial charge >= 0.3 is 11.9 Å². The van der Waals surface area contributed by atoms with Crippen LogP contribution >= 0.6 is 0 Å². The summed E-state index contributed by atoms with van der Waals surface area (Å²) >= 11 is 0. The van der Waals surface area contributed by atoms with Crippen molar-refractivity contribution in [1.82, 2.24) is 10.9 Å². The zero-order valence-corrected chi connectivity index (χ0v) is 10.1. The first-order valence-electron chi connectivity index (χ1n) is 5.80. The first kappa shape index (κ1) is 16.8. The Hall–Kier alpha value is -1.22. The van der Waals surface area contributed by atoms with Crippen LogP contribution in [0.25, 0.3) is 0 Å². The second kappa shape index (κ2) is 9.77. The minimum Gasteiger partial charge on any atom is -0.480 e. The number of nitrogens with two attached hydrogens (primary N) is 1. The van der Waals surface area contributed by atoms with Crippen molar-refractivity contribution in [3.63, 3.8) is 0 Å². The van der Waals surface area contributed by atoms with Gasteiger partial charge in [-0.25, -0.2) is 10.9 Å². The van der Waals surface area contributed by atoms with Crippen molar-refractivity contribution in [2.75, 3.05) is 13.2 Å². The Kier molecular flexibility index (Phi) is 9.11. The first-order valence-corrected chi connectivity index (χ1v) is 5.80. The number of unbranched alkanes of at least 4 members (excludes halogenated alkanes) is 1. The summed E-state index contributed by atoms with van der Waals surface area (Å²) < 4.78 is 0. The van der Waals surface area contributed by atoms with E-state index in [-0.39, 0.29) is 13.0 Å². The third-order valence-electron chi connectivity index (χ3n) is 2.39. The van der Waals surface area contributed by atoms with E-state index in [9.17, 15) is 9.59 Å². The molecule has 0 rings (SSSR count). The lowest BCUT2D eigenvalue weighted by Crippen LogP contribution is -2.52. The Morgan fingerprint density at radius 2 is 1.50 bits per heavy atom. The summed E-state index contributed by atoms with van der Waals surface area (Å²) in [5.41, 5.74) is 10.2. The van der Waals surface area contributed by atoms with Crippen molar-refractivity contribution >= 4 is 11.9 Å². The van der Waals surface area contributed by atoms with Gasteiger partial charge in [0.15, 0.2) is 0 Å². The lowest BCUT2D eigenvalue weighted by molar-refractivity contribution is -0.143. The maximum Gasteiger partial charge on any atom is 0.322 e. The summed E-state index contributed by atoms with van der Waals surface area (Å²) in [6, 6.07) is -1.90. The molecule has 0 spiro atoms. The molecule has 0 amide bonds. The van der Waals surface area contributed by atoms with E-state index in [0.29, 0.717) is 25.8 Å².